The molecule has 0 saturated carbocycles. The van der Waals surface area contributed by atoms with Gasteiger partial charge in [0.2, 0.25) is 0 Å². The van der Waals surface area contributed by atoms with E-state index in [2.05, 4.69) is 132 Å². The molecular formula is C40H36N4OPt. The summed E-state index contributed by atoms with van der Waals surface area (Å²) < 4.78 is 10.6. The van der Waals surface area contributed by atoms with Crippen molar-refractivity contribution in [2.45, 2.75) is 53.9 Å². The molecule has 0 bridgehead atoms. The van der Waals surface area contributed by atoms with Crippen molar-refractivity contribution in [2.75, 3.05) is 0 Å². The van der Waals surface area contributed by atoms with E-state index in [0.29, 0.717) is 11.5 Å². The van der Waals surface area contributed by atoms with E-state index >= 15 is 0 Å². The quantitative estimate of drug-likeness (QED) is 0.163. The number of aromatic nitrogens is 4. The molecule has 6 heteroatoms. The first-order valence-corrected chi connectivity index (χ1v) is 15.3. The maximum absolute atomic E-state index is 6.49. The van der Waals surface area contributed by atoms with Gasteiger partial charge >= 0.3 is 21.1 Å². The predicted octanol–water partition coefficient (Wildman–Crippen LogP) is 9.95. The number of pyridine rings is 1. The topological polar surface area (TPSA) is 44.9 Å². The first kappa shape index (κ1) is 31.5. The van der Waals surface area contributed by atoms with Crippen molar-refractivity contribution >= 4 is 21.8 Å². The van der Waals surface area contributed by atoms with Crippen LogP contribution in [0.2, 0.25) is 0 Å². The minimum atomic E-state index is -0.00291. The van der Waals surface area contributed by atoms with Crippen LogP contribution in [0.15, 0.2) is 91.1 Å². The average Bonchev–Trinajstić information content (AvgIpc) is 3.49. The van der Waals surface area contributed by atoms with Crippen molar-refractivity contribution in [3.8, 4) is 34.1 Å². The third kappa shape index (κ3) is 5.69. The number of nitrogens with zero attached hydrogens (tertiary/aromatic N) is 4. The van der Waals surface area contributed by atoms with Gasteiger partial charge in [0.1, 0.15) is 5.82 Å². The molecule has 7 aromatic rings. The Morgan fingerprint density at radius 2 is 1.52 bits per heavy atom. The molecular weight excluding hydrogens is 748 g/mol. The van der Waals surface area contributed by atoms with Crippen LogP contribution in [-0.4, -0.2) is 19.3 Å². The summed E-state index contributed by atoms with van der Waals surface area (Å²) >= 11 is 0. The molecule has 0 N–H and O–H groups in total. The number of rotatable bonds is 5. The maximum Gasteiger partial charge on any atom is 2.00 e. The van der Waals surface area contributed by atoms with Gasteiger partial charge in [-0.1, -0.05) is 81.2 Å². The van der Waals surface area contributed by atoms with Gasteiger partial charge in [0.15, 0.2) is 0 Å². The van der Waals surface area contributed by atoms with Crippen LogP contribution in [0, 0.1) is 39.8 Å². The van der Waals surface area contributed by atoms with Crippen LogP contribution < -0.4 is 4.74 Å². The Morgan fingerprint density at radius 3 is 2.28 bits per heavy atom. The van der Waals surface area contributed by atoms with Gasteiger partial charge in [-0.3, -0.25) is 4.68 Å². The van der Waals surface area contributed by atoms with Crippen LogP contribution in [0.5, 0.6) is 11.5 Å². The van der Waals surface area contributed by atoms with Crippen LogP contribution in [-0.2, 0) is 26.5 Å². The normalized spacial score (nSPS) is 11.6. The average molecular weight is 784 g/mol. The molecule has 0 aliphatic heterocycles. The molecule has 0 spiro atoms. The molecule has 0 amide bonds. The number of benzene rings is 4. The Hall–Kier alpha value is -4.47. The van der Waals surface area contributed by atoms with E-state index in [0.717, 1.165) is 56.0 Å². The fourth-order valence-corrected chi connectivity index (χ4v) is 6.19. The molecule has 5 nitrogen and oxygen atoms in total. The summed E-state index contributed by atoms with van der Waals surface area (Å²) in [5.74, 6) is 2.09. The molecule has 232 valence electrons. The fourth-order valence-electron chi connectivity index (χ4n) is 6.19. The van der Waals surface area contributed by atoms with E-state index < -0.39 is 0 Å². The summed E-state index contributed by atoms with van der Waals surface area (Å²) in [6.45, 7) is 15.0. The van der Waals surface area contributed by atoms with Gasteiger partial charge in [0.25, 0.3) is 0 Å². The number of hydrogen-bond acceptors (Lipinski definition) is 3. The van der Waals surface area contributed by atoms with E-state index in [1.165, 1.54) is 16.5 Å². The Labute approximate surface area is 285 Å². The second-order valence-corrected chi connectivity index (χ2v) is 12.9. The summed E-state index contributed by atoms with van der Waals surface area (Å²) in [6.07, 6.45) is 1.90. The minimum absolute atomic E-state index is 0. The minimum Gasteiger partial charge on any atom is -0.509 e. The third-order valence-electron chi connectivity index (χ3n) is 8.42. The van der Waals surface area contributed by atoms with Crippen molar-refractivity contribution in [1.29, 1.82) is 0 Å². The first-order chi connectivity index (χ1) is 21.6. The van der Waals surface area contributed by atoms with Crippen LogP contribution in [0.4, 0.5) is 0 Å². The summed E-state index contributed by atoms with van der Waals surface area (Å²) in [5.41, 5.74) is 10.7. The predicted molar refractivity (Wildman–Crippen MR) is 183 cm³/mol. The summed E-state index contributed by atoms with van der Waals surface area (Å²) in [5, 5.41) is 7.17. The molecule has 0 radical (unpaired) electrons. The second kappa shape index (κ2) is 12.0. The molecule has 46 heavy (non-hydrogen) atoms. The molecule has 7 rings (SSSR count). The van der Waals surface area contributed by atoms with Crippen molar-refractivity contribution in [2.24, 2.45) is 0 Å². The number of hydrogen-bond donors (Lipinski definition) is 0. The van der Waals surface area contributed by atoms with Crippen molar-refractivity contribution in [1.82, 2.24) is 19.3 Å². The maximum atomic E-state index is 6.49. The van der Waals surface area contributed by atoms with Gasteiger partial charge in [-0.15, -0.1) is 35.7 Å². The molecule has 3 aromatic heterocycles. The van der Waals surface area contributed by atoms with E-state index in [-0.39, 0.29) is 26.5 Å². The number of fused-ring (bicyclic) bond motifs is 3. The monoisotopic (exact) mass is 783 g/mol. The molecule has 0 saturated heterocycles. The Bertz CT molecular complexity index is 2220. The van der Waals surface area contributed by atoms with E-state index in [4.69, 9.17) is 14.8 Å². The Balaban J connectivity index is 0.00000372. The van der Waals surface area contributed by atoms with Crippen LogP contribution >= 0.6 is 0 Å². The van der Waals surface area contributed by atoms with Gasteiger partial charge < -0.3 is 9.30 Å². The van der Waals surface area contributed by atoms with Crippen molar-refractivity contribution in [3.63, 3.8) is 0 Å². The van der Waals surface area contributed by atoms with Gasteiger partial charge in [-0.25, -0.2) is 4.98 Å². The van der Waals surface area contributed by atoms with Gasteiger partial charge in [-0.2, -0.15) is 16.7 Å². The molecule has 0 atom stereocenters. The summed E-state index contributed by atoms with van der Waals surface area (Å²) in [7, 11) is 0. The molecule has 0 aliphatic carbocycles. The molecule has 0 unspecified atom stereocenters. The third-order valence-corrected chi connectivity index (χ3v) is 8.42. The SMILES string of the molecule is Cc1cc(Oc2[c-]c3c(cc2)c2cc(C)ccc2n3-c2cc(C(C)(C)C)ccn2)[c-]c(-n2nc(C)c(-c3ccccc3)c2C)c1.[Pt+2]. The Morgan fingerprint density at radius 1 is 0.739 bits per heavy atom. The van der Waals surface area contributed by atoms with Crippen LogP contribution in [0.1, 0.15) is 48.8 Å². The molecule has 0 fully saturated rings. The van der Waals surface area contributed by atoms with E-state index in [1.807, 2.05) is 29.1 Å². The zero-order chi connectivity index (χ0) is 31.5. The Kier molecular flexibility index (Phi) is 8.25. The second-order valence-electron chi connectivity index (χ2n) is 12.9. The zero-order valence-electron chi connectivity index (χ0n) is 27.2. The molecule has 0 aliphatic rings. The van der Waals surface area contributed by atoms with Crippen molar-refractivity contribution < 1.29 is 25.8 Å². The molecule has 3 heterocycles. The van der Waals surface area contributed by atoms with E-state index in [1.54, 1.807) is 0 Å². The van der Waals surface area contributed by atoms with Gasteiger partial charge in [0.05, 0.1) is 5.69 Å². The van der Waals surface area contributed by atoms with E-state index in [9.17, 15) is 0 Å². The summed E-state index contributed by atoms with van der Waals surface area (Å²) in [4.78, 5) is 4.81. The number of aryl methyl sites for hydroxylation is 3. The first-order valence-electron chi connectivity index (χ1n) is 15.3. The van der Waals surface area contributed by atoms with Crippen LogP contribution in [0.3, 0.4) is 0 Å². The van der Waals surface area contributed by atoms with Crippen molar-refractivity contribution in [3.05, 3.63) is 131 Å². The molecule has 4 aromatic carbocycles. The van der Waals surface area contributed by atoms with Gasteiger partial charge in [0, 0.05) is 34.5 Å². The van der Waals surface area contributed by atoms with Gasteiger partial charge in [-0.05, 0) is 66.6 Å². The number of ether oxygens (including phenoxy) is 1. The summed E-state index contributed by atoms with van der Waals surface area (Å²) in [6, 6.07) is 36.5. The van der Waals surface area contributed by atoms with Crippen LogP contribution in [0.25, 0.3) is 44.4 Å². The smallest absolute Gasteiger partial charge is 0.509 e. The zero-order valence-corrected chi connectivity index (χ0v) is 29.4. The standard InChI is InChI=1S/C40H36N4O.Pt/c1-25-13-16-36-35(21-25)34-15-14-32(24-37(34)43(36)38-22-30(17-18-41-38)40(5,6)7)45-33-20-26(2)19-31(23-33)44-28(4)39(27(3)42-44)29-11-9-8-10-12-29;/h8-22H,1-7H3;/q-2;+2. The fraction of sp³-hybridized carbons (Fsp3) is 0.200. The largest absolute Gasteiger partial charge is 2.00 e.